The van der Waals surface area contributed by atoms with Crippen molar-refractivity contribution in [3.8, 4) is 17.2 Å². The minimum Gasteiger partial charge on any atom is -0.497 e. The molecule has 3 rings (SSSR count). The highest BCUT2D eigenvalue weighted by Crippen LogP contribution is 2.17. The third-order valence-electron chi connectivity index (χ3n) is 4.68. The predicted octanol–water partition coefficient (Wildman–Crippen LogP) is 4.86. The third-order valence-corrected chi connectivity index (χ3v) is 4.68. The van der Waals surface area contributed by atoms with Crippen LogP contribution in [0.3, 0.4) is 0 Å². The Bertz CT molecular complexity index is 1080. The first-order valence-electron chi connectivity index (χ1n) is 10.6. The number of nitrogens with zero attached hydrogens (tertiary/aromatic N) is 1. The number of rotatable bonds is 10. The molecule has 0 unspecified atom stereocenters. The molecule has 0 saturated carbocycles. The Morgan fingerprint density at radius 1 is 0.848 bits per heavy atom. The van der Waals surface area contributed by atoms with Crippen molar-refractivity contribution >= 4 is 18.1 Å². The van der Waals surface area contributed by atoms with Gasteiger partial charge in [0.2, 0.25) is 0 Å². The van der Waals surface area contributed by atoms with Crippen LogP contribution in [0, 0.1) is 0 Å². The lowest BCUT2D eigenvalue weighted by Crippen LogP contribution is -2.17. The van der Waals surface area contributed by atoms with Crippen molar-refractivity contribution in [2.75, 3.05) is 13.7 Å². The van der Waals surface area contributed by atoms with Gasteiger partial charge in [0.05, 0.1) is 25.5 Å². The number of carbonyl (C=O) groups is 2. The molecular formula is C26H26N2O5. The quantitative estimate of drug-likeness (QED) is 0.158. The van der Waals surface area contributed by atoms with Crippen LogP contribution >= 0.6 is 0 Å². The number of esters is 1. The van der Waals surface area contributed by atoms with E-state index in [4.69, 9.17) is 14.2 Å². The molecule has 0 aromatic heterocycles. The number of methoxy groups -OCH3 is 1. The summed E-state index contributed by atoms with van der Waals surface area (Å²) in [4.78, 5) is 24.4. The van der Waals surface area contributed by atoms with Crippen molar-refractivity contribution in [1.82, 2.24) is 5.43 Å². The van der Waals surface area contributed by atoms with Crippen LogP contribution in [0.2, 0.25) is 0 Å². The summed E-state index contributed by atoms with van der Waals surface area (Å²) in [5.74, 6) is 1.01. The van der Waals surface area contributed by atoms with Gasteiger partial charge in [-0.1, -0.05) is 13.3 Å². The van der Waals surface area contributed by atoms with Gasteiger partial charge in [0.25, 0.3) is 5.91 Å². The maximum Gasteiger partial charge on any atom is 0.343 e. The van der Waals surface area contributed by atoms with Crippen LogP contribution in [-0.4, -0.2) is 31.8 Å². The highest BCUT2D eigenvalue weighted by Gasteiger charge is 2.09. The van der Waals surface area contributed by atoms with Crippen molar-refractivity contribution in [3.63, 3.8) is 0 Å². The first kappa shape index (κ1) is 23.5. The topological polar surface area (TPSA) is 86.2 Å². The standard InChI is InChI=1S/C26H26N2O5/c1-3-4-17-32-23-15-9-21(10-16-23)26(30)33-24-11-5-19(6-12-24)18-27-28-25(29)20-7-13-22(31-2)14-8-20/h5-16,18H,3-4,17H2,1-2H3,(H,28,29). The van der Waals surface area contributed by atoms with E-state index in [0.29, 0.717) is 29.2 Å². The summed E-state index contributed by atoms with van der Waals surface area (Å²) < 4.78 is 16.1. The monoisotopic (exact) mass is 446 g/mol. The summed E-state index contributed by atoms with van der Waals surface area (Å²) in [5.41, 5.74) is 4.11. The zero-order valence-corrected chi connectivity index (χ0v) is 18.6. The van der Waals surface area contributed by atoms with Crippen LogP contribution in [0.4, 0.5) is 0 Å². The Morgan fingerprint density at radius 2 is 1.45 bits per heavy atom. The first-order valence-corrected chi connectivity index (χ1v) is 10.6. The molecule has 0 aliphatic rings. The number of carbonyl (C=O) groups excluding carboxylic acids is 2. The number of unbranched alkanes of at least 4 members (excludes halogenated alkanes) is 1. The number of hydrogen-bond donors (Lipinski definition) is 1. The summed E-state index contributed by atoms with van der Waals surface area (Å²) in [5, 5.41) is 3.96. The van der Waals surface area contributed by atoms with Crippen LogP contribution in [0.25, 0.3) is 0 Å². The molecule has 170 valence electrons. The Labute approximate surface area is 193 Å². The van der Waals surface area contributed by atoms with Crippen LogP contribution in [0.1, 0.15) is 46.0 Å². The fourth-order valence-electron chi connectivity index (χ4n) is 2.78. The highest BCUT2D eigenvalue weighted by molar-refractivity contribution is 5.95. The summed E-state index contributed by atoms with van der Waals surface area (Å²) >= 11 is 0. The Balaban J connectivity index is 1.50. The van der Waals surface area contributed by atoms with E-state index >= 15 is 0 Å². The van der Waals surface area contributed by atoms with Gasteiger partial charge in [-0.25, -0.2) is 10.2 Å². The normalized spacial score (nSPS) is 10.6. The van der Waals surface area contributed by atoms with E-state index in [1.165, 1.54) is 6.21 Å². The molecule has 0 spiro atoms. The van der Waals surface area contributed by atoms with Crippen molar-refractivity contribution in [2.24, 2.45) is 5.10 Å². The van der Waals surface area contributed by atoms with E-state index in [1.54, 1.807) is 79.9 Å². The van der Waals surface area contributed by atoms with Crippen molar-refractivity contribution in [3.05, 3.63) is 89.5 Å². The molecular weight excluding hydrogens is 420 g/mol. The Morgan fingerprint density at radius 3 is 2.09 bits per heavy atom. The molecule has 0 atom stereocenters. The number of ether oxygens (including phenoxy) is 3. The number of amides is 1. The molecule has 0 fully saturated rings. The lowest BCUT2D eigenvalue weighted by atomic mass is 10.2. The minimum atomic E-state index is -0.455. The second-order valence-corrected chi connectivity index (χ2v) is 7.11. The molecule has 0 heterocycles. The fourth-order valence-corrected chi connectivity index (χ4v) is 2.78. The summed E-state index contributed by atoms with van der Waals surface area (Å²) in [6.07, 6.45) is 3.55. The number of hydrazone groups is 1. The molecule has 0 saturated heterocycles. The zero-order valence-electron chi connectivity index (χ0n) is 18.6. The molecule has 3 aromatic carbocycles. The van der Waals surface area contributed by atoms with E-state index in [0.717, 1.165) is 24.2 Å². The third kappa shape index (κ3) is 7.21. The van der Waals surface area contributed by atoms with E-state index < -0.39 is 5.97 Å². The second-order valence-electron chi connectivity index (χ2n) is 7.11. The highest BCUT2D eigenvalue weighted by atomic mass is 16.5. The molecule has 33 heavy (non-hydrogen) atoms. The molecule has 1 N–H and O–H groups in total. The number of nitrogens with one attached hydrogen (secondary N) is 1. The largest absolute Gasteiger partial charge is 0.497 e. The Hall–Kier alpha value is -4.13. The van der Waals surface area contributed by atoms with Gasteiger partial charge in [0.15, 0.2) is 0 Å². The number of hydrogen-bond acceptors (Lipinski definition) is 6. The lowest BCUT2D eigenvalue weighted by molar-refractivity contribution is 0.0734. The summed E-state index contributed by atoms with van der Waals surface area (Å²) in [6, 6.07) is 20.4. The van der Waals surface area contributed by atoms with Crippen LogP contribution in [0.15, 0.2) is 77.9 Å². The lowest BCUT2D eigenvalue weighted by Gasteiger charge is -2.07. The smallest absolute Gasteiger partial charge is 0.343 e. The fraction of sp³-hybridized carbons (Fsp3) is 0.192. The molecule has 0 aliphatic carbocycles. The average Bonchev–Trinajstić information content (AvgIpc) is 2.85. The molecule has 3 aromatic rings. The van der Waals surface area contributed by atoms with Crippen molar-refractivity contribution in [2.45, 2.75) is 19.8 Å². The second kappa shape index (κ2) is 12.0. The molecule has 7 heteroatoms. The van der Waals surface area contributed by atoms with Crippen LogP contribution < -0.4 is 19.6 Å². The Kier molecular flexibility index (Phi) is 8.59. The van der Waals surface area contributed by atoms with Gasteiger partial charge < -0.3 is 14.2 Å². The van der Waals surface area contributed by atoms with Crippen molar-refractivity contribution in [1.29, 1.82) is 0 Å². The molecule has 0 bridgehead atoms. The minimum absolute atomic E-state index is 0.332. The van der Waals surface area contributed by atoms with Gasteiger partial charge in [0, 0.05) is 5.56 Å². The van der Waals surface area contributed by atoms with Gasteiger partial charge in [0.1, 0.15) is 17.2 Å². The maximum absolute atomic E-state index is 12.3. The molecule has 1 amide bonds. The first-order chi connectivity index (χ1) is 16.1. The SMILES string of the molecule is CCCCOc1ccc(C(=O)Oc2ccc(C=NNC(=O)c3ccc(OC)cc3)cc2)cc1. The number of benzene rings is 3. The average molecular weight is 447 g/mol. The van der Waals surface area contributed by atoms with Crippen LogP contribution in [-0.2, 0) is 0 Å². The van der Waals surface area contributed by atoms with Gasteiger partial charge >= 0.3 is 5.97 Å². The van der Waals surface area contributed by atoms with Crippen molar-refractivity contribution < 1.29 is 23.8 Å². The van der Waals surface area contributed by atoms with Crippen LogP contribution in [0.5, 0.6) is 17.2 Å². The molecule has 0 aliphatic heterocycles. The van der Waals surface area contributed by atoms with Gasteiger partial charge in [-0.05, 0) is 84.8 Å². The van der Waals surface area contributed by atoms with E-state index in [1.807, 2.05) is 0 Å². The molecule has 7 nitrogen and oxygen atoms in total. The van der Waals surface area contributed by atoms with Gasteiger partial charge in [-0.15, -0.1) is 0 Å². The van der Waals surface area contributed by atoms with E-state index in [2.05, 4.69) is 17.5 Å². The zero-order chi connectivity index (χ0) is 23.5. The summed E-state index contributed by atoms with van der Waals surface area (Å²) in [6.45, 7) is 2.75. The van der Waals surface area contributed by atoms with Gasteiger partial charge in [-0.3, -0.25) is 4.79 Å². The van der Waals surface area contributed by atoms with E-state index in [9.17, 15) is 9.59 Å². The van der Waals surface area contributed by atoms with E-state index in [-0.39, 0.29) is 5.91 Å². The van der Waals surface area contributed by atoms with Gasteiger partial charge in [-0.2, -0.15) is 5.10 Å². The molecule has 0 radical (unpaired) electrons. The summed E-state index contributed by atoms with van der Waals surface area (Å²) in [7, 11) is 1.56. The maximum atomic E-state index is 12.3. The predicted molar refractivity (Wildman–Crippen MR) is 126 cm³/mol.